The molecule has 3 heterocycles. The predicted octanol–water partition coefficient (Wildman–Crippen LogP) is 4.70. The second kappa shape index (κ2) is 36.4. The van der Waals surface area contributed by atoms with Gasteiger partial charge in [-0.2, -0.15) is 28.8 Å². The van der Waals surface area contributed by atoms with Crippen LogP contribution in [0, 0.1) is 0 Å². The molecule has 0 amide bonds. The highest BCUT2D eigenvalue weighted by Gasteiger charge is 2.10. The molecule has 0 aliphatic carbocycles. The van der Waals surface area contributed by atoms with Crippen LogP contribution in [0.3, 0.4) is 0 Å². The molecule has 15 heteroatoms. The van der Waals surface area contributed by atoms with Crippen molar-refractivity contribution < 1.29 is 70.6 Å². The van der Waals surface area contributed by atoms with Gasteiger partial charge >= 0.3 is 36.4 Å². The van der Waals surface area contributed by atoms with Crippen molar-refractivity contribution in [2.45, 2.75) is 49.5 Å². The molecule has 15 nitrogen and oxygen atoms in total. The largest absolute Gasteiger partial charge is 0.463 e. The maximum atomic E-state index is 11.1. The van der Waals surface area contributed by atoms with Gasteiger partial charge in [0, 0.05) is 6.42 Å². The molecule has 3 rings (SSSR count). The van der Waals surface area contributed by atoms with Crippen LogP contribution in [0.2, 0.25) is 0 Å². The van der Waals surface area contributed by atoms with Gasteiger partial charge in [0.25, 0.3) is 0 Å². The molecule has 240 valence electrons. The van der Waals surface area contributed by atoms with Crippen LogP contribution in [-0.2, 0) is 49.4 Å². The molecule has 0 aliphatic rings. The summed E-state index contributed by atoms with van der Waals surface area (Å²) in [6.07, 6.45) is 4.40. The lowest BCUT2D eigenvalue weighted by molar-refractivity contribution is -0.193. The van der Waals surface area contributed by atoms with E-state index in [1.807, 2.05) is 6.92 Å². The van der Waals surface area contributed by atoms with Crippen LogP contribution < -0.4 is 0 Å². The maximum absolute atomic E-state index is 11.1. The zero-order valence-corrected chi connectivity index (χ0v) is 21.9. The van der Waals surface area contributed by atoms with Gasteiger partial charge in [0.1, 0.15) is 5.76 Å². The smallest absolute Gasteiger partial charge is 0.374 e. The molecule has 0 unspecified atom stereocenters. The van der Waals surface area contributed by atoms with Gasteiger partial charge in [-0.15, -0.1) is 0 Å². The van der Waals surface area contributed by atoms with Gasteiger partial charge in [-0.25, -0.2) is 14.4 Å². The van der Waals surface area contributed by atoms with E-state index < -0.39 is 17.9 Å². The number of hydrogen-bond acceptors (Lipinski definition) is 15. The molecule has 0 aliphatic heterocycles. The van der Waals surface area contributed by atoms with Gasteiger partial charge in [-0.3, -0.25) is 0 Å². The molecule has 0 saturated heterocycles. The van der Waals surface area contributed by atoms with Gasteiger partial charge in [-0.1, -0.05) is 29.2 Å². The second-order valence-corrected chi connectivity index (χ2v) is 5.76. The number of esters is 3. The first-order valence-electron chi connectivity index (χ1n) is 10.8. The fourth-order valence-corrected chi connectivity index (χ4v) is 1.97. The van der Waals surface area contributed by atoms with Crippen molar-refractivity contribution in [3.63, 3.8) is 0 Å². The van der Waals surface area contributed by atoms with Gasteiger partial charge in [0.05, 0.1) is 32.8 Å². The van der Waals surface area contributed by atoms with Crippen LogP contribution in [0.25, 0.3) is 0 Å². The maximum Gasteiger partial charge on any atom is 0.374 e. The van der Waals surface area contributed by atoms with Crippen LogP contribution in [-0.4, -0.2) is 56.7 Å². The van der Waals surface area contributed by atoms with Crippen molar-refractivity contribution in [2.24, 2.45) is 0 Å². The molecule has 0 bridgehead atoms. The van der Waals surface area contributed by atoms with E-state index in [1.54, 1.807) is 50.2 Å². The first kappa shape index (κ1) is 50.3. The van der Waals surface area contributed by atoms with Crippen molar-refractivity contribution >= 4 is 36.4 Å². The number of rotatable bonds is 6. The summed E-state index contributed by atoms with van der Waals surface area (Å²) in [6, 6.07) is 9.81. The molecule has 43 heavy (non-hydrogen) atoms. The molecular formula is C28H38O15. The number of ether oxygens (including phenoxy) is 3. The molecular weight excluding hydrogens is 576 g/mol. The number of carbonyl (C=O) groups excluding carboxylic acids is 9. The summed E-state index contributed by atoms with van der Waals surface area (Å²) >= 11 is 0. The topological polar surface area (TPSA) is 221 Å². The van der Waals surface area contributed by atoms with Crippen LogP contribution in [0.5, 0.6) is 0 Å². The van der Waals surface area contributed by atoms with Gasteiger partial charge in [0.2, 0.25) is 17.3 Å². The predicted molar refractivity (Wildman–Crippen MR) is 144 cm³/mol. The fraction of sp³-hybridized carbons (Fsp3) is 0.357. The van der Waals surface area contributed by atoms with Gasteiger partial charge in [-0.05, 0) is 50.2 Å². The summed E-state index contributed by atoms with van der Waals surface area (Å²) in [4.78, 5) is 81.2. The fourth-order valence-electron chi connectivity index (χ4n) is 1.97. The minimum absolute atomic E-state index is 0. The minimum atomic E-state index is -0.444. The van der Waals surface area contributed by atoms with Crippen molar-refractivity contribution in [3.05, 3.63) is 72.0 Å². The van der Waals surface area contributed by atoms with E-state index >= 15 is 0 Å². The molecule has 0 aromatic carbocycles. The van der Waals surface area contributed by atoms with Crippen molar-refractivity contribution in [1.82, 2.24) is 0 Å². The van der Waals surface area contributed by atoms with Crippen LogP contribution >= 0.6 is 0 Å². The van der Waals surface area contributed by atoms with Crippen LogP contribution in [0.4, 0.5) is 0 Å². The highest BCUT2D eigenvalue weighted by Crippen LogP contribution is 2.09. The second-order valence-electron chi connectivity index (χ2n) is 5.76. The van der Waals surface area contributed by atoms with E-state index in [-0.39, 0.29) is 58.0 Å². The van der Waals surface area contributed by atoms with Gasteiger partial charge in [0.15, 0.2) is 0 Å². The Kier molecular flexibility index (Phi) is 42.5. The SMILES string of the molecule is C.C.C.CCOC(=O)c1ccc(CC)o1.CCOC(=O)c1ccco1.COC(=O)c1ccco1.O=C=O.O=C=O.O=C=O. The van der Waals surface area contributed by atoms with E-state index in [0.717, 1.165) is 12.2 Å². The molecule has 3 aromatic heterocycles. The Morgan fingerprint density at radius 3 is 1.28 bits per heavy atom. The number of furan rings is 3. The molecule has 0 atom stereocenters. The van der Waals surface area contributed by atoms with Crippen molar-refractivity contribution in [1.29, 1.82) is 0 Å². The third-order valence-corrected chi connectivity index (χ3v) is 3.39. The standard InChI is InChI=1S/C9H12O3.C7H8O3.C6H6O3.3CO2.3CH4/c1-3-7-5-6-8(12-7)9(10)11-4-2;1-2-9-7(8)6-4-3-5-10-6;1-8-6(7)5-3-2-4-9-5;3*2-1-3;;;/h5-6H,3-4H2,1-2H3;3-5H,2H2,1H3;2-4H,1H3;;;;3*1H4. The third kappa shape index (κ3) is 27.7. The Labute approximate surface area is 249 Å². The van der Waals surface area contributed by atoms with Crippen molar-refractivity contribution in [2.75, 3.05) is 20.3 Å². The lowest BCUT2D eigenvalue weighted by Gasteiger charge is -1.96. The van der Waals surface area contributed by atoms with E-state index in [4.69, 9.17) is 46.8 Å². The molecule has 0 fully saturated rings. The van der Waals surface area contributed by atoms with E-state index in [9.17, 15) is 14.4 Å². The van der Waals surface area contributed by atoms with Crippen LogP contribution in [0.1, 0.15) is 80.5 Å². The highest BCUT2D eigenvalue weighted by molar-refractivity contribution is 5.86. The van der Waals surface area contributed by atoms with E-state index in [0.29, 0.717) is 13.2 Å². The lowest BCUT2D eigenvalue weighted by Crippen LogP contribution is -2.02. The van der Waals surface area contributed by atoms with Gasteiger partial charge < -0.3 is 27.5 Å². The quantitative estimate of drug-likeness (QED) is 0.271. The Morgan fingerprint density at radius 1 is 0.628 bits per heavy atom. The van der Waals surface area contributed by atoms with E-state index in [1.165, 1.54) is 19.6 Å². The molecule has 0 radical (unpaired) electrons. The summed E-state index contributed by atoms with van der Waals surface area (Å²) in [5.41, 5.74) is 0. The van der Waals surface area contributed by atoms with Crippen LogP contribution in [0.15, 0.2) is 62.2 Å². The summed E-state index contributed by atoms with van der Waals surface area (Å²) < 4.78 is 28.4. The number of carbonyl (C=O) groups is 3. The summed E-state index contributed by atoms with van der Waals surface area (Å²) in [5, 5.41) is 0. The summed E-state index contributed by atoms with van der Waals surface area (Å²) in [6.45, 7) is 6.23. The summed E-state index contributed by atoms with van der Waals surface area (Å²) in [5.74, 6) is 0.329. The number of methoxy groups -OCH3 is 1. The molecule has 0 spiro atoms. The average molecular weight is 615 g/mol. The molecule has 0 saturated carbocycles. The Balaban J connectivity index is -0.000000102. The molecule has 0 N–H and O–H groups in total. The van der Waals surface area contributed by atoms with E-state index in [2.05, 4.69) is 9.47 Å². The molecule has 3 aromatic rings. The third-order valence-electron chi connectivity index (χ3n) is 3.39. The average Bonchev–Trinajstić information content (AvgIpc) is 3.73. The minimum Gasteiger partial charge on any atom is -0.463 e. The highest BCUT2D eigenvalue weighted by atomic mass is 16.6. The van der Waals surface area contributed by atoms with Crippen molar-refractivity contribution in [3.8, 4) is 0 Å². The monoisotopic (exact) mass is 614 g/mol. The Bertz CT molecular complexity index is 1130. The Morgan fingerprint density at radius 2 is 1.00 bits per heavy atom. The first-order valence-corrected chi connectivity index (χ1v) is 10.8. The number of hydrogen-bond donors (Lipinski definition) is 0. The summed E-state index contributed by atoms with van der Waals surface area (Å²) in [7, 11) is 1.31. The Hall–Kier alpha value is -5.61. The number of aryl methyl sites for hydroxylation is 1. The zero-order valence-electron chi connectivity index (χ0n) is 21.9. The first-order chi connectivity index (χ1) is 19.2. The lowest BCUT2D eigenvalue weighted by atomic mass is 10.3. The normalized spacial score (nSPS) is 7.35. The zero-order chi connectivity index (χ0) is 31.2.